The number of carbonyl (C=O) groups excluding carboxylic acids is 2. The summed E-state index contributed by atoms with van der Waals surface area (Å²) in [5.74, 6) is -1.19. The predicted octanol–water partition coefficient (Wildman–Crippen LogP) is 4.37. The molecule has 3 aromatic rings. The second-order valence-electron chi connectivity index (χ2n) is 8.10. The van der Waals surface area contributed by atoms with Gasteiger partial charge in [0.05, 0.1) is 0 Å². The molecule has 0 spiro atoms. The molecule has 172 valence electrons. The molecule has 6 heteroatoms. The second-order valence-corrected chi connectivity index (χ2v) is 8.10. The van der Waals surface area contributed by atoms with Crippen LogP contribution in [-0.2, 0) is 22.6 Å². The highest BCUT2D eigenvalue weighted by Crippen LogP contribution is 2.18. The molecule has 3 aromatic carbocycles. The molecule has 1 N–H and O–H groups in total. The van der Waals surface area contributed by atoms with Crippen molar-refractivity contribution in [2.45, 2.75) is 38.9 Å². The first-order chi connectivity index (χ1) is 15.9. The molecule has 1 unspecified atom stereocenters. The fourth-order valence-corrected chi connectivity index (χ4v) is 3.50. The van der Waals surface area contributed by atoms with Crippen molar-refractivity contribution in [1.29, 1.82) is 0 Å². The smallest absolute Gasteiger partial charge is 0.261 e. The Morgan fingerprint density at radius 2 is 1.45 bits per heavy atom. The van der Waals surface area contributed by atoms with Gasteiger partial charge < -0.3 is 15.0 Å². The first-order valence-electron chi connectivity index (χ1n) is 11.0. The average Bonchev–Trinajstić information content (AvgIpc) is 2.81. The number of benzene rings is 3. The van der Waals surface area contributed by atoms with Crippen molar-refractivity contribution in [3.8, 4) is 5.75 Å². The summed E-state index contributed by atoms with van der Waals surface area (Å²) in [5, 5.41) is 2.93. The lowest BCUT2D eigenvalue weighted by atomic mass is 10.0. The van der Waals surface area contributed by atoms with Crippen LogP contribution in [0, 0.1) is 5.82 Å². The van der Waals surface area contributed by atoms with Gasteiger partial charge in [0.15, 0.2) is 18.2 Å². The molecule has 2 amide bonds. The van der Waals surface area contributed by atoms with E-state index < -0.39 is 17.8 Å². The lowest BCUT2D eigenvalue weighted by Gasteiger charge is -2.32. The normalized spacial score (nSPS) is 11.6. The Kier molecular flexibility index (Phi) is 8.58. The van der Waals surface area contributed by atoms with Crippen LogP contribution in [0.5, 0.6) is 5.75 Å². The molecule has 1 atom stereocenters. The number of ether oxygens (including phenoxy) is 1. The minimum atomic E-state index is -0.758. The van der Waals surface area contributed by atoms with E-state index in [1.54, 1.807) is 12.1 Å². The van der Waals surface area contributed by atoms with Gasteiger partial charge >= 0.3 is 0 Å². The van der Waals surface area contributed by atoms with Gasteiger partial charge in [0, 0.05) is 19.0 Å². The maximum atomic E-state index is 14.0. The Morgan fingerprint density at radius 3 is 2.06 bits per heavy atom. The number of rotatable bonds is 10. The Bertz CT molecular complexity index is 1040. The summed E-state index contributed by atoms with van der Waals surface area (Å²) in [5.41, 5.74) is 1.81. The quantitative estimate of drug-likeness (QED) is 0.501. The van der Waals surface area contributed by atoms with E-state index in [1.165, 1.54) is 17.0 Å². The SMILES string of the molecule is CC(C)NC(=O)C(Cc1ccccc1)N(Cc1ccccc1)C(=O)COc1ccccc1F. The fourth-order valence-electron chi connectivity index (χ4n) is 3.50. The van der Waals surface area contributed by atoms with Gasteiger partial charge in [-0.1, -0.05) is 72.8 Å². The standard InChI is InChI=1S/C27H29FN2O3/c1-20(2)29-27(32)24(17-21-11-5-3-6-12-21)30(18-22-13-7-4-8-14-22)26(31)19-33-25-16-10-9-15-23(25)28/h3-16,20,24H,17-19H2,1-2H3,(H,29,32). The highest BCUT2D eigenvalue weighted by atomic mass is 19.1. The predicted molar refractivity (Wildman–Crippen MR) is 126 cm³/mol. The summed E-state index contributed by atoms with van der Waals surface area (Å²) in [7, 11) is 0. The van der Waals surface area contributed by atoms with Crippen LogP contribution in [0.2, 0.25) is 0 Å². The third kappa shape index (κ3) is 7.17. The third-order valence-corrected chi connectivity index (χ3v) is 5.09. The summed E-state index contributed by atoms with van der Waals surface area (Å²) < 4.78 is 19.5. The maximum Gasteiger partial charge on any atom is 0.261 e. The molecule has 3 rings (SSSR count). The van der Waals surface area contributed by atoms with Crippen LogP contribution in [0.25, 0.3) is 0 Å². The van der Waals surface area contributed by atoms with Crippen LogP contribution in [0.1, 0.15) is 25.0 Å². The third-order valence-electron chi connectivity index (χ3n) is 5.09. The first kappa shape index (κ1) is 24.0. The van der Waals surface area contributed by atoms with Crippen molar-refractivity contribution in [2.24, 2.45) is 0 Å². The lowest BCUT2D eigenvalue weighted by Crippen LogP contribution is -2.52. The lowest BCUT2D eigenvalue weighted by molar-refractivity contribution is -0.143. The van der Waals surface area contributed by atoms with Gasteiger partial charge in [-0.25, -0.2) is 4.39 Å². The molecule has 0 bridgehead atoms. The number of carbonyl (C=O) groups is 2. The number of hydrogen-bond acceptors (Lipinski definition) is 3. The molecular weight excluding hydrogens is 419 g/mol. The van der Waals surface area contributed by atoms with Crippen LogP contribution in [0.3, 0.4) is 0 Å². The number of amides is 2. The molecule has 0 heterocycles. The van der Waals surface area contributed by atoms with Gasteiger partial charge in [-0.2, -0.15) is 0 Å². The van der Waals surface area contributed by atoms with E-state index in [-0.39, 0.29) is 30.9 Å². The largest absolute Gasteiger partial charge is 0.481 e. The van der Waals surface area contributed by atoms with Crippen molar-refractivity contribution in [2.75, 3.05) is 6.61 Å². The van der Waals surface area contributed by atoms with Crippen molar-refractivity contribution in [1.82, 2.24) is 10.2 Å². The van der Waals surface area contributed by atoms with Crippen molar-refractivity contribution < 1.29 is 18.7 Å². The Morgan fingerprint density at radius 1 is 0.879 bits per heavy atom. The van der Waals surface area contributed by atoms with Gasteiger partial charge in [0.2, 0.25) is 5.91 Å². The molecule has 0 saturated carbocycles. The Hall–Kier alpha value is -3.67. The van der Waals surface area contributed by atoms with Crippen molar-refractivity contribution in [3.63, 3.8) is 0 Å². The summed E-state index contributed by atoms with van der Waals surface area (Å²) in [6, 6.07) is 24.1. The van der Waals surface area contributed by atoms with E-state index in [2.05, 4.69) is 5.32 Å². The number of nitrogens with one attached hydrogen (secondary N) is 1. The molecule has 0 radical (unpaired) electrons. The minimum Gasteiger partial charge on any atom is -0.481 e. The zero-order chi connectivity index (χ0) is 23.6. The van der Waals surface area contributed by atoms with E-state index in [1.807, 2.05) is 74.5 Å². The van der Waals surface area contributed by atoms with Crippen LogP contribution in [-0.4, -0.2) is 35.4 Å². The number of nitrogens with zero attached hydrogens (tertiary/aromatic N) is 1. The zero-order valence-corrected chi connectivity index (χ0v) is 18.9. The zero-order valence-electron chi connectivity index (χ0n) is 18.9. The summed E-state index contributed by atoms with van der Waals surface area (Å²) in [4.78, 5) is 28.1. The van der Waals surface area contributed by atoms with E-state index in [0.717, 1.165) is 11.1 Å². The molecule has 0 saturated heterocycles. The topological polar surface area (TPSA) is 58.6 Å². The van der Waals surface area contributed by atoms with E-state index in [9.17, 15) is 14.0 Å². The van der Waals surface area contributed by atoms with E-state index >= 15 is 0 Å². The van der Waals surface area contributed by atoms with Gasteiger partial charge in [0.25, 0.3) is 5.91 Å². The van der Waals surface area contributed by atoms with Gasteiger partial charge in [-0.05, 0) is 37.1 Å². The van der Waals surface area contributed by atoms with E-state index in [4.69, 9.17) is 4.74 Å². The molecular formula is C27H29FN2O3. The number of para-hydroxylation sites is 1. The number of halogens is 1. The molecule has 5 nitrogen and oxygen atoms in total. The molecule has 0 aromatic heterocycles. The minimum absolute atomic E-state index is 0.00301. The van der Waals surface area contributed by atoms with Crippen LogP contribution < -0.4 is 10.1 Å². The number of hydrogen-bond donors (Lipinski definition) is 1. The molecule has 0 fully saturated rings. The molecule has 0 aliphatic heterocycles. The van der Waals surface area contributed by atoms with E-state index in [0.29, 0.717) is 6.42 Å². The second kappa shape index (κ2) is 11.8. The van der Waals surface area contributed by atoms with Crippen LogP contribution in [0.15, 0.2) is 84.9 Å². The Balaban J connectivity index is 1.89. The Labute approximate surface area is 194 Å². The molecule has 0 aliphatic rings. The van der Waals surface area contributed by atoms with Crippen molar-refractivity contribution in [3.05, 3.63) is 102 Å². The highest BCUT2D eigenvalue weighted by Gasteiger charge is 2.31. The fraction of sp³-hybridized carbons (Fsp3) is 0.259. The average molecular weight is 449 g/mol. The molecule has 0 aliphatic carbocycles. The maximum absolute atomic E-state index is 14.0. The monoisotopic (exact) mass is 448 g/mol. The molecule has 33 heavy (non-hydrogen) atoms. The first-order valence-corrected chi connectivity index (χ1v) is 11.0. The van der Waals surface area contributed by atoms with Gasteiger partial charge in [-0.3, -0.25) is 9.59 Å². The van der Waals surface area contributed by atoms with Gasteiger partial charge in [0.1, 0.15) is 6.04 Å². The van der Waals surface area contributed by atoms with Crippen LogP contribution >= 0.6 is 0 Å². The highest BCUT2D eigenvalue weighted by molar-refractivity contribution is 5.88. The van der Waals surface area contributed by atoms with Gasteiger partial charge in [-0.15, -0.1) is 0 Å². The summed E-state index contributed by atoms with van der Waals surface area (Å²) in [6.07, 6.45) is 0.345. The van der Waals surface area contributed by atoms with Crippen LogP contribution in [0.4, 0.5) is 4.39 Å². The van der Waals surface area contributed by atoms with Crippen molar-refractivity contribution >= 4 is 11.8 Å². The summed E-state index contributed by atoms with van der Waals surface area (Å²) in [6.45, 7) is 3.60. The summed E-state index contributed by atoms with van der Waals surface area (Å²) >= 11 is 0.